The number of anilines is 1. The molecule has 25 heavy (non-hydrogen) atoms. The Bertz CT molecular complexity index is 749. The Balaban J connectivity index is 1.87. The summed E-state index contributed by atoms with van der Waals surface area (Å²) in [5, 5.41) is 12.7. The van der Waals surface area contributed by atoms with E-state index in [1.807, 2.05) is 30.3 Å². The molecule has 1 fully saturated rings. The summed E-state index contributed by atoms with van der Waals surface area (Å²) in [4.78, 5) is 2.40. The molecule has 1 N–H and O–H groups in total. The van der Waals surface area contributed by atoms with E-state index in [1.165, 1.54) is 18.9 Å². The predicted molar refractivity (Wildman–Crippen MR) is 96.1 cm³/mol. The number of nitriles is 1. The van der Waals surface area contributed by atoms with Gasteiger partial charge in [0.1, 0.15) is 23.2 Å². The number of nitrogens with one attached hydrogen (secondary N) is 1. The maximum absolute atomic E-state index is 13.9. The van der Waals surface area contributed by atoms with Crippen LogP contribution in [0.25, 0.3) is 0 Å². The average molecular weight is 339 g/mol. The second-order valence-corrected chi connectivity index (χ2v) is 6.25. The third kappa shape index (κ3) is 4.09. The Hall–Kier alpha value is -2.58. The van der Waals surface area contributed by atoms with Gasteiger partial charge in [-0.25, -0.2) is 4.39 Å². The minimum absolute atomic E-state index is 0.0297. The van der Waals surface area contributed by atoms with E-state index in [0.29, 0.717) is 5.69 Å². The summed E-state index contributed by atoms with van der Waals surface area (Å²) in [6.07, 6.45) is 2.41. The molecule has 0 aliphatic carbocycles. The highest BCUT2D eigenvalue weighted by Gasteiger charge is 2.20. The topological polar surface area (TPSA) is 48.3 Å². The quantitative estimate of drug-likeness (QED) is 0.865. The van der Waals surface area contributed by atoms with E-state index in [4.69, 9.17) is 4.74 Å². The summed E-state index contributed by atoms with van der Waals surface area (Å²) < 4.78 is 19.1. The van der Waals surface area contributed by atoms with Crippen molar-refractivity contribution in [2.75, 3.05) is 32.1 Å². The first-order chi connectivity index (χ1) is 12.2. The summed E-state index contributed by atoms with van der Waals surface area (Å²) in [6.45, 7) is 2.96. The van der Waals surface area contributed by atoms with Crippen LogP contribution in [0.3, 0.4) is 0 Å². The van der Waals surface area contributed by atoms with Gasteiger partial charge < -0.3 is 15.0 Å². The van der Waals surface area contributed by atoms with Crippen LogP contribution in [0.5, 0.6) is 5.75 Å². The van der Waals surface area contributed by atoms with Gasteiger partial charge in [0.2, 0.25) is 0 Å². The monoisotopic (exact) mass is 339 g/mol. The van der Waals surface area contributed by atoms with Crippen LogP contribution in [0.2, 0.25) is 0 Å². The number of nitrogens with zero attached hydrogens (tertiary/aromatic N) is 2. The second kappa shape index (κ2) is 8.00. The number of methoxy groups -OCH3 is 1. The van der Waals surface area contributed by atoms with Gasteiger partial charge in [0, 0.05) is 6.54 Å². The first-order valence-electron chi connectivity index (χ1n) is 8.52. The number of hydrogen-bond acceptors (Lipinski definition) is 4. The minimum Gasteiger partial charge on any atom is -0.497 e. The van der Waals surface area contributed by atoms with Crippen molar-refractivity contribution < 1.29 is 9.13 Å². The van der Waals surface area contributed by atoms with Crippen molar-refractivity contribution in [3.05, 3.63) is 59.4 Å². The number of likely N-dealkylation sites (tertiary alicyclic amines) is 1. The van der Waals surface area contributed by atoms with Crippen molar-refractivity contribution in [2.24, 2.45) is 0 Å². The maximum Gasteiger partial charge on any atom is 0.143 e. The fourth-order valence-corrected chi connectivity index (χ4v) is 3.24. The van der Waals surface area contributed by atoms with Gasteiger partial charge in [-0.2, -0.15) is 5.26 Å². The van der Waals surface area contributed by atoms with E-state index in [2.05, 4.69) is 10.2 Å². The molecular weight excluding hydrogens is 317 g/mol. The van der Waals surface area contributed by atoms with Crippen molar-refractivity contribution in [3.8, 4) is 11.8 Å². The van der Waals surface area contributed by atoms with Gasteiger partial charge in [-0.1, -0.05) is 18.2 Å². The molecule has 3 rings (SSSR count). The van der Waals surface area contributed by atoms with Gasteiger partial charge in [-0.05, 0) is 55.8 Å². The van der Waals surface area contributed by atoms with E-state index >= 15 is 0 Å². The van der Waals surface area contributed by atoms with Gasteiger partial charge in [-0.15, -0.1) is 0 Å². The number of ether oxygens (including phenoxy) is 1. The highest BCUT2D eigenvalue weighted by atomic mass is 19.1. The van der Waals surface area contributed by atoms with Gasteiger partial charge >= 0.3 is 0 Å². The molecule has 0 unspecified atom stereocenters. The minimum atomic E-state index is -0.498. The van der Waals surface area contributed by atoms with E-state index < -0.39 is 5.82 Å². The molecule has 1 saturated heterocycles. The first kappa shape index (κ1) is 17.2. The van der Waals surface area contributed by atoms with E-state index in [0.717, 1.165) is 30.9 Å². The third-order valence-corrected chi connectivity index (χ3v) is 4.61. The van der Waals surface area contributed by atoms with Crippen LogP contribution >= 0.6 is 0 Å². The smallest absolute Gasteiger partial charge is 0.143 e. The fourth-order valence-electron chi connectivity index (χ4n) is 3.24. The molecule has 130 valence electrons. The van der Waals surface area contributed by atoms with Crippen LogP contribution in [0.1, 0.15) is 30.0 Å². The average Bonchev–Trinajstić information content (AvgIpc) is 3.14. The number of rotatable bonds is 6. The van der Waals surface area contributed by atoms with Crippen LogP contribution in [-0.2, 0) is 0 Å². The molecule has 0 spiro atoms. The zero-order chi connectivity index (χ0) is 17.6. The summed E-state index contributed by atoms with van der Waals surface area (Å²) in [6, 6.07) is 14.5. The fraction of sp³-hybridized carbons (Fsp3) is 0.350. The molecule has 4 nitrogen and oxygen atoms in total. The summed E-state index contributed by atoms with van der Waals surface area (Å²) >= 11 is 0. The van der Waals surface area contributed by atoms with Crippen LogP contribution in [-0.4, -0.2) is 31.6 Å². The number of halogens is 1. The molecule has 1 heterocycles. The van der Waals surface area contributed by atoms with Gasteiger partial charge in [0.25, 0.3) is 0 Å². The Labute approximate surface area is 147 Å². The molecule has 2 aromatic carbocycles. The molecule has 0 radical (unpaired) electrons. The molecule has 0 bridgehead atoms. The van der Waals surface area contributed by atoms with Gasteiger partial charge in [0.15, 0.2) is 0 Å². The van der Waals surface area contributed by atoms with E-state index in [-0.39, 0.29) is 11.6 Å². The predicted octanol–water partition coefficient (Wildman–Crippen LogP) is 3.95. The van der Waals surface area contributed by atoms with Crippen LogP contribution in [0.4, 0.5) is 10.1 Å². The van der Waals surface area contributed by atoms with Crippen LogP contribution < -0.4 is 10.1 Å². The Morgan fingerprint density at radius 2 is 1.92 bits per heavy atom. The lowest BCUT2D eigenvalue weighted by Crippen LogP contribution is -2.29. The lowest BCUT2D eigenvalue weighted by molar-refractivity contribution is 0.323. The molecule has 0 amide bonds. The van der Waals surface area contributed by atoms with Crippen molar-refractivity contribution >= 4 is 5.69 Å². The van der Waals surface area contributed by atoms with Gasteiger partial charge in [0.05, 0.1) is 18.8 Å². The molecule has 2 aromatic rings. The highest BCUT2D eigenvalue weighted by Crippen LogP contribution is 2.27. The second-order valence-electron chi connectivity index (χ2n) is 6.25. The number of benzene rings is 2. The lowest BCUT2D eigenvalue weighted by atomic mass is 10.0. The SMILES string of the molecule is COc1ccc([C@H](CN2CCCC2)Nc2cccc(F)c2C#N)cc1. The van der Waals surface area contributed by atoms with Crippen molar-refractivity contribution in [3.63, 3.8) is 0 Å². The molecule has 5 heteroatoms. The Morgan fingerprint density at radius 3 is 2.56 bits per heavy atom. The molecule has 1 atom stereocenters. The largest absolute Gasteiger partial charge is 0.497 e. The van der Waals surface area contributed by atoms with Crippen molar-refractivity contribution in [1.29, 1.82) is 5.26 Å². The third-order valence-electron chi connectivity index (χ3n) is 4.61. The molecule has 0 saturated carbocycles. The molecular formula is C20H22FN3O. The van der Waals surface area contributed by atoms with Gasteiger partial charge in [-0.3, -0.25) is 0 Å². The Morgan fingerprint density at radius 1 is 1.20 bits per heavy atom. The summed E-state index contributed by atoms with van der Waals surface area (Å²) in [5.41, 5.74) is 1.67. The van der Waals surface area contributed by atoms with Crippen LogP contribution in [0, 0.1) is 17.1 Å². The van der Waals surface area contributed by atoms with Crippen molar-refractivity contribution in [2.45, 2.75) is 18.9 Å². The van der Waals surface area contributed by atoms with Crippen molar-refractivity contribution in [1.82, 2.24) is 4.90 Å². The maximum atomic E-state index is 13.9. The van der Waals surface area contributed by atoms with E-state index in [1.54, 1.807) is 19.2 Å². The zero-order valence-corrected chi connectivity index (χ0v) is 14.3. The zero-order valence-electron chi connectivity index (χ0n) is 14.3. The van der Waals surface area contributed by atoms with Crippen LogP contribution in [0.15, 0.2) is 42.5 Å². The van der Waals surface area contributed by atoms with E-state index in [9.17, 15) is 9.65 Å². The normalized spacial score (nSPS) is 15.6. The standard InChI is InChI=1S/C20H22FN3O/c1-25-16-9-7-15(8-10-16)20(14-24-11-2-3-12-24)23-19-6-4-5-18(21)17(19)13-22/h4-10,20,23H,2-3,11-12,14H2,1H3/t20-/m0/s1. The Kier molecular flexibility index (Phi) is 5.52. The summed E-state index contributed by atoms with van der Waals surface area (Å²) in [5.74, 6) is 0.300. The first-order valence-corrected chi connectivity index (χ1v) is 8.52. The number of hydrogen-bond donors (Lipinski definition) is 1. The lowest BCUT2D eigenvalue weighted by Gasteiger charge is -2.26. The molecule has 0 aromatic heterocycles. The molecule has 1 aliphatic heterocycles. The highest BCUT2D eigenvalue weighted by molar-refractivity contribution is 5.59. The molecule has 1 aliphatic rings. The summed E-state index contributed by atoms with van der Waals surface area (Å²) in [7, 11) is 1.64.